The van der Waals surface area contributed by atoms with Gasteiger partial charge in [-0.1, -0.05) is 71.7 Å². The molecule has 4 heterocycles. The number of hydrogen-bond acceptors (Lipinski definition) is 9. The van der Waals surface area contributed by atoms with Gasteiger partial charge in [-0.05, 0) is 72.8 Å². The largest absolute Gasteiger partial charge is 0.619 e. The van der Waals surface area contributed by atoms with E-state index in [9.17, 15) is 14.8 Å². The van der Waals surface area contributed by atoms with Crippen molar-refractivity contribution in [3.63, 3.8) is 0 Å². The van der Waals surface area contributed by atoms with Crippen molar-refractivity contribution < 1.29 is 33.3 Å². The maximum absolute atomic E-state index is 13.7. The molecular weight excluding hydrogens is 681 g/mol. The lowest BCUT2D eigenvalue weighted by molar-refractivity contribution is -0.605. The first kappa shape index (κ1) is 35.5. The van der Waals surface area contributed by atoms with Crippen LogP contribution in [-0.4, -0.2) is 56.8 Å². The molecule has 4 aromatic rings. The van der Waals surface area contributed by atoms with E-state index in [1.54, 1.807) is 36.4 Å². The molecule has 0 spiro atoms. The molecule has 0 amide bonds. The van der Waals surface area contributed by atoms with Gasteiger partial charge in [-0.25, -0.2) is 9.59 Å². The number of esters is 2. The molecule has 2 unspecified atom stereocenters. The van der Waals surface area contributed by atoms with Crippen LogP contribution in [0.1, 0.15) is 57.6 Å². The minimum absolute atomic E-state index is 0.0848. The summed E-state index contributed by atoms with van der Waals surface area (Å²) < 4.78 is 23.6. The van der Waals surface area contributed by atoms with Gasteiger partial charge >= 0.3 is 11.9 Å². The number of ether oxygens (including phenoxy) is 4. The topological polar surface area (TPSA) is 113 Å². The van der Waals surface area contributed by atoms with E-state index in [0.29, 0.717) is 45.4 Å². The number of benzene rings is 3. The zero-order chi connectivity index (χ0) is 35.2. The molecule has 0 saturated carbocycles. The van der Waals surface area contributed by atoms with Crippen LogP contribution >= 0.6 is 23.2 Å². The Balaban J connectivity index is 1.20. The number of carbonyl (C=O) groups is 2. The number of methoxy groups -OCH3 is 2. The Morgan fingerprint density at radius 1 is 0.920 bits per heavy atom. The molecule has 1 aromatic heterocycles. The van der Waals surface area contributed by atoms with Crippen molar-refractivity contribution in [3.05, 3.63) is 128 Å². The standard InChI is InChI=1S/C38H39Cl2N3O7/c1-47-32-12-11-27(18-34(32)48-2)33(19-29-30(39)21-43(46)22-31(29)40)49-37(44)28-10-6-7-24(17-28)20-41-36(26-8-4-3-5-9-26)38(45)50-35-23-42-15-13-25(35)14-16-42/h3-12,17-18,21-22,25,33,35-36,41H,13-16,19-20,23H2,1-2H3/t33?,35-,36?/m0/s1. The number of nitrogens with one attached hydrogen (secondary N) is 1. The summed E-state index contributed by atoms with van der Waals surface area (Å²) in [6.45, 7) is 3.18. The second-order valence-electron chi connectivity index (χ2n) is 12.5. The molecule has 0 aliphatic carbocycles. The van der Waals surface area contributed by atoms with Gasteiger partial charge in [0.15, 0.2) is 23.9 Å². The van der Waals surface area contributed by atoms with Gasteiger partial charge in [0.2, 0.25) is 0 Å². The van der Waals surface area contributed by atoms with Gasteiger partial charge in [0.1, 0.15) is 28.3 Å². The molecule has 12 heteroatoms. The van der Waals surface area contributed by atoms with E-state index < -0.39 is 18.1 Å². The summed E-state index contributed by atoms with van der Waals surface area (Å²) in [5.41, 5.74) is 2.93. The summed E-state index contributed by atoms with van der Waals surface area (Å²) in [6, 6.07) is 21.0. The predicted molar refractivity (Wildman–Crippen MR) is 188 cm³/mol. The highest BCUT2D eigenvalue weighted by Gasteiger charge is 2.38. The van der Waals surface area contributed by atoms with Gasteiger partial charge in [-0.15, -0.1) is 0 Å². The van der Waals surface area contributed by atoms with Crippen LogP contribution in [0.4, 0.5) is 0 Å². The lowest BCUT2D eigenvalue weighted by atomic mass is 9.86. The molecular formula is C38H39Cl2N3O7. The summed E-state index contributed by atoms with van der Waals surface area (Å²) in [7, 11) is 3.04. The molecule has 3 fully saturated rings. The quantitative estimate of drug-likeness (QED) is 0.0973. The second-order valence-corrected chi connectivity index (χ2v) is 13.4. The zero-order valence-electron chi connectivity index (χ0n) is 27.9. The molecule has 262 valence electrons. The molecule has 3 aliphatic rings. The van der Waals surface area contributed by atoms with E-state index in [2.05, 4.69) is 10.2 Å². The first-order valence-corrected chi connectivity index (χ1v) is 17.3. The fourth-order valence-electron chi connectivity index (χ4n) is 6.66. The number of aromatic nitrogens is 1. The number of carbonyl (C=O) groups excluding carboxylic acids is 2. The van der Waals surface area contributed by atoms with E-state index in [-0.39, 0.29) is 28.5 Å². The molecule has 0 radical (unpaired) electrons. The van der Waals surface area contributed by atoms with E-state index >= 15 is 0 Å². The molecule has 50 heavy (non-hydrogen) atoms. The van der Waals surface area contributed by atoms with Crippen LogP contribution in [0.5, 0.6) is 11.5 Å². The average Bonchev–Trinajstić information content (AvgIpc) is 3.13. The number of pyridine rings is 1. The van der Waals surface area contributed by atoms with E-state index in [0.717, 1.165) is 43.6 Å². The summed E-state index contributed by atoms with van der Waals surface area (Å²) in [6.07, 6.45) is 3.60. The molecule has 1 N–H and O–H groups in total. The predicted octanol–water partition coefficient (Wildman–Crippen LogP) is 6.25. The Labute approximate surface area is 301 Å². The number of fused-ring (bicyclic) bond motifs is 3. The molecule has 3 aliphatic heterocycles. The maximum Gasteiger partial charge on any atom is 0.338 e. The van der Waals surface area contributed by atoms with Crippen LogP contribution in [0.25, 0.3) is 0 Å². The Kier molecular flexibility index (Phi) is 11.4. The summed E-state index contributed by atoms with van der Waals surface area (Å²) in [5.74, 6) is 0.440. The van der Waals surface area contributed by atoms with E-state index in [4.69, 9.17) is 42.1 Å². The highest BCUT2D eigenvalue weighted by Crippen LogP contribution is 2.36. The minimum Gasteiger partial charge on any atom is -0.619 e. The van der Waals surface area contributed by atoms with Crippen molar-refractivity contribution in [1.82, 2.24) is 10.2 Å². The third kappa shape index (κ3) is 8.33. The smallest absolute Gasteiger partial charge is 0.338 e. The van der Waals surface area contributed by atoms with E-state index in [1.165, 1.54) is 26.6 Å². The fraction of sp³-hybridized carbons (Fsp3) is 0.342. The molecule has 2 bridgehead atoms. The van der Waals surface area contributed by atoms with E-state index in [1.807, 2.05) is 36.4 Å². The van der Waals surface area contributed by atoms with Crippen molar-refractivity contribution >= 4 is 35.1 Å². The van der Waals surface area contributed by atoms with Crippen molar-refractivity contribution in [2.75, 3.05) is 33.9 Å². The van der Waals surface area contributed by atoms with Crippen molar-refractivity contribution in [3.8, 4) is 11.5 Å². The Morgan fingerprint density at radius 3 is 2.30 bits per heavy atom. The van der Waals surface area contributed by atoms with Gasteiger partial charge in [0.05, 0.1) is 19.8 Å². The Hall–Kier alpha value is -4.35. The number of nitrogens with zero attached hydrogens (tertiary/aromatic N) is 2. The van der Waals surface area contributed by atoms with Crippen molar-refractivity contribution in [2.24, 2.45) is 5.92 Å². The SMILES string of the molecule is COc1ccc(C(Cc2c(Cl)c[n+]([O-])cc2Cl)OC(=O)c2cccc(CNC(C(=O)O[C@H]3CN4CCC3CC4)c3ccccc3)c2)cc1OC. The third-order valence-corrected chi connectivity index (χ3v) is 10.0. The van der Waals surface area contributed by atoms with Gasteiger partial charge in [-0.2, -0.15) is 4.73 Å². The molecule has 3 atom stereocenters. The first-order valence-electron chi connectivity index (χ1n) is 16.5. The van der Waals surface area contributed by atoms with Crippen LogP contribution in [0.3, 0.4) is 0 Å². The minimum atomic E-state index is -0.856. The fourth-order valence-corrected chi connectivity index (χ4v) is 7.26. The van der Waals surface area contributed by atoms with Gasteiger partial charge < -0.3 is 24.2 Å². The molecule has 3 saturated heterocycles. The second kappa shape index (κ2) is 16.1. The Morgan fingerprint density at radius 2 is 1.64 bits per heavy atom. The van der Waals surface area contributed by atoms with Crippen molar-refractivity contribution in [2.45, 2.75) is 44.1 Å². The third-order valence-electron chi connectivity index (χ3n) is 9.38. The summed E-state index contributed by atoms with van der Waals surface area (Å²) in [4.78, 5) is 29.7. The first-order chi connectivity index (χ1) is 24.2. The molecule has 10 nitrogen and oxygen atoms in total. The number of rotatable bonds is 13. The monoisotopic (exact) mass is 719 g/mol. The van der Waals surface area contributed by atoms with Gasteiger partial charge in [-0.3, -0.25) is 10.2 Å². The molecule has 3 aromatic carbocycles. The highest BCUT2D eigenvalue weighted by molar-refractivity contribution is 6.35. The van der Waals surface area contributed by atoms with Crippen molar-refractivity contribution in [1.29, 1.82) is 0 Å². The Bertz CT molecular complexity index is 1790. The normalized spacial score (nSPS) is 19.3. The summed E-state index contributed by atoms with van der Waals surface area (Å²) in [5, 5.41) is 15.5. The number of hydrogen-bond donors (Lipinski definition) is 1. The lowest BCUT2D eigenvalue weighted by Gasteiger charge is -2.44. The average molecular weight is 721 g/mol. The van der Waals surface area contributed by atoms with Gasteiger partial charge in [0.25, 0.3) is 0 Å². The molecule has 7 rings (SSSR count). The summed E-state index contributed by atoms with van der Waals surface area (Å²) >= 11 is 12.8. The van der Waals surface area contributed by atoms with Crippen LogP contribution in [0.2, 0.25) is 10.0 Å². The maximum atomic E-state index is 13.7. The van der Waals surface area contributed by atoms with Crippen LogP contribution < -0.4 is 19.5 Å². The highest BCUT2D eigenvalue weighted by atomic mass is 35.5. The number of piperidine rings is 3. The zero-order valence-corrected chi connectivity index (χ0v) is 29.4. The van der Waals surface area contributed by atoms with Crippen LogP contribution in [0, 0.1) is 11.1 Å². The lowest BCUT2D eigenvalue weighted by Crippen LogP contribution is -2.52. The van der Waals surface area contributed by atoms with Crippen LogP contribution in [-0.2, 0) is 27.2 Å². The number of halogens is 2. The van der Waals surface area contributed by atoms with Crippen LogP contribution in [0.15, 0.2) is 85.2 Å². The van der Waals surface area contributed by atoms with Gasteiger partial charge in [0, 0.05) is 25.1 Å².